The van der Waals surface area contributed by atoms with Crippen LogP contribution in [0.25, 0.3) is 10.9 Å². The molecular formula is C23H25ClN2O2S. The Kier molecular flexibility index (Phi) is 6.18. The molecular weight excluding hydrogens is 404 g/mol. The second kappa shape index (κ2) is 8.82. The van der Waals surface area contributed by atoms with Crippen molar-refractivity contribution in [2.24, 2.45) is 0 Å². The number of para-hydroxylation sites is 1. The molecule has 1 amide bonds. The number of hydrogen-bond donors (Lipinski definition) is 0. The Morgan fingerprint density at radius 1 is 1.14 bits per heavy atom. The number of ether oxygens (including phenoxy) is 1. The molecule has 3 aromatic rings. The van der Waals surface area contributed by atoms with Crippen molar-refractivity contribution in [2.45, 2.75) is 43.2 Å². The van der Waals surface area contributed by atoms with Crippen LogP contribution in [0, 0.1) is 0 Å². The molecule has 0 N–H and O–H groups in total. The molecule has 1 fully saturated rings. The summed E-state index contributed by atoms with van der Waals surface area (Å²) in [4.78, 5) is 16.1. The second-order valence-corrected chi connectivity index (χ2v) is 9.07. The van der Waals surface area contributed by atoms with Gasteiger partial charge >= 0.3 is 0 Å². The van der Waals surface area contributed by atoms with Crippen LogP contribution < -0.4 is 0 Å². The summed E-state index contributed by atoms with van der Waals surface area (Å²) < 4.78 is 7.83. The third-order valence-corrected chi connectivity index (χ3v) is 6.46. The van der Waals surface area contributed by atoms with Gasteiger partial charge in [-0.3, -0.25) is 4.79 Å². The normalized spacial score (nSPS) is 19.6. The first-order valence-corrected chi connectivity index (χ1v) is 11.2. The van der Waals surface area contributed by atoms with E-state index in [0.29, 0.717) is 19.6 Å². The van der Waals surface area contributed by atoms with Crippen molar-refractivity contribution in [3.05, 3.63) is 65.3 Å². The predicted octanol–water partition coefficient (Wildman–Crippen LogP) is 5.22. The quantitative estimate of drug-likeness (QED) is 0.522. The first kappa shape index (κ1) is 20.3. The maximum absolute atomic E-state index is 13.0. The molecule has 0 spiro atoms. The number of nitrogens with zero attached hydrogens (tertiary/aromatic N) is 2. The summed E-state index contributed by atoms with van der Waals surface area (Å²) in [5.74, 6) is 0.972. The van der Waals surface area contributed by atoms with Gasteiger partial charge in [0.05, 0.1) is 12.2 Å². The van der Waals surface area contributed by atoms with Gasteiger partial charge in [0.2, 0.25) is 5.91 Å². The third kappa shape index (κ3) is 4.80. The number of hydrogen-bond acceptors (Lipinski definition) is 3. The average molecular weight is 429 g/mol. The highest BCUT2D eigenvalue weighted by atomic mass is 35.5. The maximum atomic E-state index is 13.0. The zero-order valence-electron chi connectivity index (χ0n) is 16.7. The predicted molar refractivity (Wildman–Crippen MR) is 120 cm³/mol. The third-order valence-electron chi connectivity index (χ3n) is 5.11. The van der Waals surface area contributed by atoms with Crippen LogP contribution in [0.1, 0.15) is 19.4 Å². The van der Waals surface area contributed by atoms with Crippen molar-refractivity contribution in [3.8, 4) is 0 Å². The van der Waals surface area contributed by atoms with E-state index in [-0.39, 0.29) is 18.1 Å². The molecule has 2 heterocycles. The Morgan fingerprint density at radius 3 is 2.66 bits per heavy atom. The van der Waals surface area contributed by atoms with Crippen LogP contribution in [0.2, 0.25) is 5.02 Å². The summed E-state index contributed by atoms with van der Waals surface area (Å²) in [6.45, 7) is 5.69. The van der Waals surface area contributed by atoms with E-state index in [2.05, 4.69) is 29.0 Å². The first-order chi connectivity index (χ1) is 14.0. The minimum atomic E-state index is 0.0768. The standard InChI is InChI=1S/C23H25ClN2O2S/c1-16-11-26(12-17(2)28-16)23(27)14-25-13-22(20-8-3-4-9-21(20)25)29-15-18-6-5-7-19(24)10-18/h3-10,13,16-17H,11-12,14-15H2,1-2H3. The fourth-order valence-corrected chi connectivity index (χ4v) is 5.12. The van der Waals surface area contributed by atoms with Crippen molar-refractivity contribution in [2.75, 3.05) is 13.1 Å². The summed E-state index contributed by atoms with van der Waals surface area (Å²) in [7, 11) is 0. The number of aromatic nitrogens is 1. The monoisotopic (exact) mass is 428 g/mol. The molecule has 1 aliphatic heterocycles. The largest absolute Gasteiger partial charge is 0.372 e. The molecule has 1 aromatic heterocycles. The molecule has 0 radical (unpaired) electrons. The van der Waals surface area contributed by atoms with Crippen LogP contribution in [0.4, 0.5) is 0 Å². The van der Waals surface area contributed by atoms with Gasteiger partial charge in [0.15, 0.2) is 0 Å². The number of benzene rings is 2. The molecule has 152 valence electrons. The van der Waals surface area contributed by atoms with Crippen LogP contribution in [0.5, 0.6) is 0 Å². The molecule has 1 saturated heterocycles. The van der Waals surface area contributed by atoms with Gasteiger partial charge in [-0.1, -0.05) is 41.9 Å². The average Bonchev–Trinajstić information content (AvgIpc) is 3.03. The Balaban J connectivity index is 1.53. The lowest BCUT2D eigenvalue weighted by molar-refractivity contribution is -0.143. The van der Waals surface area contributed by atoms with Crippen LogP contribution in [0.3, 0.4) is 0 Å². The summed E-state index contributed by atoms with van der Waals surface area (Å²) >= 11 is 7.88. The van der Waals surface area contributed by atoms with Gasteiger partial charge in [-0.05, 0) is 37.6 Å². The van der Waals surface area contributed by atoms with Crippen LogP contribution >= 0.6 is 23.4 Å². The topological polar surface area (TPSA) is 34.5 Å². The van der Waals surface area contributed by atoms with Crippen LogP contribution in [-0.4, -0.2) is 40.7 Å². The van der Waals surface area contributed by atoms with Gasteiger partial charge in [0.25, 0.3) is 0 Å². The molecule has 0 aliphatic carbocycles. The number of halogens is 1. The van der Waals surface area contributed by atoms with Crippen molar-refractivity contribution in [1.82, 2.24) is 9.47 Å². The summed E-state index contributed by atoms with van der Waals surface area (Å²) in [5.41, 5.74) is 2.27. The Bertz CT molecular complexity index is 1010. The van der Waals surface area contributed by atoms with E-state index >= 15 is 0 Å². The van der Waals surface area contributed by atoms with Gasteiger partial charge in [0, 0.05) is 45.9 Å². The molecule has 2 unspecified atom stereocenters. The number of carbonyl (C=O) groups excluding carboxylic acids is 1. The minimum absolute atomic E-state index is 0.0768. The number of carbonyl (C=O) groups is 1. The molecule has 4 rings (SSSR count). The summed E-state index contributed by atoms with van der Waals surface area (Å²) in [6, 6.07) is 16.2. The summed E-state index contributed by atoms with van der Waals surface area (Å²) in [6.07, 6.45) is 2.26. The van der Waals surface area contributed by atoms with E-state index in [1.54, 1.807) is 11.8 Å². The highest BCUT2D eigenvalue weighted by Gasteiger charge is 2.26. The fourth-order valence-electron chi connectivity index (χ4n) is 3.87. The van der Waals surface area contributed by atoms with Gasteiger partial charge in [-0.25, -0.2) is 0 Å². The second-order valence-electron chi connectivity index (χ2n) is 7.61. The van der Waals surface area contributed by atoms with Crippen molar-refractivity contribution in [3.63, 3.8) is 0 Å². The zero-order valence-corrected chi connectivity index (χ0v) is 18.2. The van der Waals surface area contributed by atoms with Crippen molar-refractivity contribution in [1.29, 1.82) is 0 Å². The van der Waals surface area contributed by atoms with Crippen molar-refractivity contribution >= 4 is 40.2 Å². The maximum Gasteiger partial charge on any atom is 0.242 e. The van der Waals surface area contributed by atoms with E-state index in [0.717, 1.165) is 16.3 Å². The lowest BCUT2D eigenvalue weighted by Crippen LogP contribution is -2.49. The first-order valence-electron chi connectivity index (χ1n) is 9.88. The smallest absolute Gasteiger partial charge is 0.242 e. The van der Waals surface area contributed by atoms with Gasteiger partial charge < -0.3 is 14.2 Å². The Hall–Kier alpha value is -1.95. The molecule has 0 bridgehead atoms. The highest BCUT2D eigenvalue weighted by Crippen LogP contribution is 2.32. The van der Waals surface area contributed by atoms with Crippen molar-refractivity contribution < 1.29 is 9.53 Å². The lowest BCUT2D eigenvalue weighted by Gasteiger charge is -2.35. The number of amides is 1. The highest BCUT2D eigenvalue weighted by molar-refractivity contribution is 7.98. The minimum Gasteiger partial charge on any atom is -0.372 e. The SMILES string of the molecule is CC1CN(C(=O)Cn2cc(SCc3cccc(Cl)c3)c3ccccc32)CC(C)O1. The number of morpholine rings is 1. The van der Waals surface area contributed by atoms with E-state index in [4.69, 9.17) is 16.3 Å². The number of rotatable bonds is 5. The molecule has 0 saturated carbocycles. The number of fused-ring (bicyclic) bond motifs is 1. The number of thioether (sulfide) groups is 1. The van der Waals surface area contributed by atoms with Crippen LogP contribution in [0.15, 0.2) is 59.6 Å². The van der Waals surface area contributed by atoms with Gasteiger partial charge in [-0.15, -0.1) is 11.8 Å². The fraction of sp³-hybridized carbons (Fsp3) is 0.348. The van der Waals surface area contributed by atoms with E-state index < -0.39 is 0 Å². The zero-order chi connectivity index (χ0) is 20.4. The molecule has 29 heavy (non-hydrogen) atoms. The Morgan fingerprint density at radius 2 is 1.90 bits per heavy atom. The lowest BCUT2D eigenvalue weighted by atomic mass is 10.2. The molecule has 1 aliphatic rings. The van der Waals surface area contributed by atoms with E-state index in [1.165, 1.54) is 15.8 Å². The molecule has 2 atom stereocenters. The van der Waals surface area contributed by atoms with Gasteiger partial charge in [0.1, 0.15) is 6.54 Å². The Labute approximate surface area is 180 Å². The molecule has 4 nitrogen and oxygen atoms in total. The van der Waals surface area contributed by atoms with Crippen LogP contribution in [-0.2, 0) is 21.8 Å². The molecule has 2 aromatic carbocycles. The molecule has 6 heteroatoms. The van der Waals surface area contributed by atoms with E-state index in [1.807, 2.05) is 49.1 Å². The van der Waals surface area contributed by atoms with E-state index in [9.17, 15) is 4.79 Å². The summed E-state index contributed by atoms with van der Waals surface area (Å²) in [5, 5.41) is 1.93. The van der Waals surface area contributed by atoms with Gasteiger partial charge in [-0.2, -0.15) is 0 Å².